The van der Waals surface area contributed by atoms with Gasteiger partial charge in [0.15, 0.2) is 0 Å². The van der Waals surface area contributed by atoms with Crippen LogP contribution in [0, 0.1) is 0 Å². The molecule has 0 bridgehead atoms. The van der Waals surface area contributed by atoms with Crippen molar-refractivity contribution in [3.05, 3.63) is 0 Å². The largest absolute Gasteiger partial charge is 0.480 e. The van der Waals surface area contributed by atoms with Crippen LogP contribution >= 0.6 is 12.6 Å². The van der Waals surface area contributed by atoms with Gasteiger partial charge < -0.3 is 15.9 Å². The van der Waals surface area contributed by atoms with Gasteiger partial charge in [0.1, 0.15) is 6.04 Å². The van der Waals surface area contributed by atoms with Crippen LogP contribution in [0.15, 0.2) is 0 Å². The molecule has 0 aromatic heterocycles. The SMILES string of the molecule is CCCCCC(O)[C@@H](S)[C@H](N)C(=O)O. The summed E-state index contributed by atoms with van der Waals surface area (Å²) in [7, 11) is 0. The van der Waals surface area contributed by atoms with Crippen LogP contribution in [0.3, 0.4) is 0 Å². The van der Waals surface area contributed by atoms with Gasteiger partial charge in [0, 0.05) is 0 Å². The zero-order valence-electron chi connectivity index (χ0n) is 8.39. The molecule has 0 rings (SSSR count). The first kappa shape index (κ1) is 13.7. The highest BCUT2D eigenvalue weighted by Crippen LogP contribution is 2.13. The molecule has 84 valence electrons. The zero-order valence-corrected chi connectivity index (χ0v) is 9.28. The van der Waals surface area contributed by atoms with Crippen molar-refractivity contribution < 1.29 is 15.0 Å². The second kappa shape index (κ2) is 7.09. The Morgan fingerprint density at radius 3 is 2.50 bits per heavy atom. The molecule has 0 radical (unpaired) electrons. The van der Waals surface area contributed by atoms with Crippen molar-refractivity contribution in [3.63, 3.8) is 0 Å². The lowest BCUT2D eigenvalue weighted by Crippen LogP contribution is -2.45. The summed E-state index contributed by atoms with van der Waals surface area (Å²) in [5.41, 5.74) is 5.33. The maximum atomic E-state index is 10.5. The second-order valence-electron chi connectivity index (χ2n) is 3.42. The molecule has 4 nitrogen and oxygen atoms in total. The summed E-state index contributed by atoms with van der Waals surface area (Å²) in [5.74, 6) is -1.13. The topological polar surface area (TPSA) is 83.5 Å². The summed E-state index contributed by atoms with van der Waals surface area (Å²) in [6.07, 6.45) is 2.79. The first-order valence-electron chi connectivity index (χ1n) is 4.85. The van der Waals surface area contributed by atoms with E-state index in [1.165, 1.54) is 0 Å². The number of hydrogen-bond acceptors (Lipinski definition) is 4. The van der Waals surface area contributed by atoms with Crippen LogP contribution in [0.1, 0.15) is 32.6 Å². The Morgan fingerprint density at radius 1 is 1.50 bits per heavy atom. The van der Waals surface area contributed by atoms with Crippen LogP contribution in [0.5, 0.6) is 0 Å². The van der Waals surface area contributed by atoms with Crippen LogP contribution in [0.4, 0.5) is 0 Å². The third-order valence-corrected chi connectivity index (χ3v) is 2.82. The number of aliphatic hydroxyl groups is 1. The predicted octanol–water partition coefficient (Wildman–Crippen LogP) is 0.638. The number of unbranched alkanes of at least 4 members (excludes halogenated alkanes) is 2. The smallest absolute Gasteiger partial charge is 0.321 e. The van der Waals surface area contributed by atoms with Crippen molar-refractivity contribution >= 4 is 18.6 Å². The lowest BCUT2D eigenvalue weighted by molar-refractivity contribution is -0.139. The van der Waals surface area contributed by atoms with E-state index in [0.717, 1.165) is 19.3 Å². The molecule has 0 saturated carbocycles. The highest BCUT2D eigenvalue weighted by Gasteiger charge is 2.26. The molecule has 0 heterocycles. The molecule has 0 fully saturated rings. The highest BCUT2D eigenvalue weighted by molar-refractivity contribution is 7.81. The van der Waals surface area contributed by atoms with Crippen molar-refractivity contribution in [3.8, 4) is 0 Å². The number of carboxylic acid groups (broad SMARTS) is 1. The van der Waals surface area contributed by atoms with Crippen molar-refractivity contribution in [2.75, 3.05) is 0 Å². The number of carboxylic acids is 1. The molecular formula is C9H19NO3S. The van der Waals surface area contributed by atoms with E-state index in [1.54, 1.807) is 0 Å². The Bertz CT molecular complexity index is 177. The molecule has 0 spiro atoms. The van der Waals surface area contributed by atoms with E-state index in [0.29, 0.717) is 6.42 Å². The van der Waals surface area contributed by atoms with Crippen molar-refractivity contribution in [2.45, 2.75) is 50.0 Å². The number of aliphatic hydroxyl groups excluding tert-OH is 1. The number of carbonyl (C=O) groups is 1. The molecule has 0 amide bonds. The van der Waals surface area contributed by atoms with Crippen LogP contribution < -0.4 is 5.73 Å². The summed E-state index contributed by atoms with van der Waals surface area (Å²) in [6.45, 7) is 2.06. The monoisotopic (exact) mass is 221 g/mol. The summed E-state index contributed by atoms with van der Waals surface area (Å²) in [4.78, 5) is 10.5. The third kappa shape index (κ3) is 4.83. The van der Waals surface area contributed by atoms with E-state index in [-0.39, 0.29) is 0 Å². The van der Waals surface area contributed by atoms with Crippen molar-refractivity contribution in [2.24, 2.45) is 5.73 Å². The van der Waals surface area contributed by atoms with Crippen LogP contribution in [-0.4, -0.2) is 33.6 Å². The van der Waals surface area contributed by atoms with Crippen molar-refractivity contribution in [1.29, 1.82) is 0 Å². The van der Waals surface area contributed by atoms with Gasteiger partial charge in [0.2, 0.25) is 0 Å². The van der Waals surface area contributed by atoms with E-state index >= 15 is 0 Å². The zero-order chi connectivity index (χ0) is 11.1. The van der Waals surface area contributed by atoms with Crippen LogP contribution in [0.25, 0.3) is 0 Å². The van der Waals surface area contributed by atoms with Gasteiger partial charge in [-0.3, -0.25) is 4.79 Å². The molecule has 14 heavy (non-hydrogen) atoms. The molecule has 0 aliphatic rings. The standard InChI is InChI=1S/C9H19NO3S/c1-2-3-4-5-6(11)8(14)7(10)9(12)13/h6-8,11,14H,2-5,10H2,1H3,(H,12,13)/t6?,7-,8+/m0/s1. The average molecular weight is 221 g/mol. The molecule has 3 atom stereocenters. The van der Waals surface area contributed by atoms with E-state index in [9.17, 15) is 9.90 Å². The highest BCUT2D eigenvalue weighted by atomic mass is 32.1. The fraction of sp³-hybridized carbons (Fsp3) is 0.889. The number of thiol groups is 1. The minimum absolute atomic E-state index is 0.559. The van der Waals surface area contributed by atoms with Crippen LogP contribution in [0.2, 0.25) is 0 Å². The van der Waals surface area contributed by atoms with Gasteiger partial charge in [0.05, 0.1) is 11.4 Å². The summed E-state index contributed by atoms with van der Waals surface area (Å²) >= 11 is 4.01. The summed E-state index contributed by atoms with van der Waals surface area (Å²) in [5, 5.41) is 17.4. The molecule has 0 aliphatic carbocycles. The Morgan fingerprint density at radius 2 is 2.07 bits per heavy atom. The Balaban J connectivity index is 3.85. The normalized spacial score (nSPS) is 17.4. The first-order chi connectivity index (χ1) is 6.50. The minimum Gasteiger partial charge on any atom is -0.480 e. The number of aliphatic carboxylic acids is 1. The molecule has 4 N–H and O–H groups in total. The fourth-order valence-electron chi connectivity index (χ4n) is 1.16. The van der Waals surface area contributed by atoms with E-state index in [4.69, 9.17) is 10.8 Å². The van der Waals surface area contributed by atoms with E-state index in [1.807, 2.05) is 0 Å². The van der Waals surface area contributed by atoms with E-state index < -0.39 is 23.4 Å². The number of hydrogen-bond donors (Lipinski definition) is 4. The maximum absolute atomic E-state index is 10.5. The second-order valence-corrected chi connectivity index (χ2v) is 4.01. The van der Waals surface area contributed by atoms with Gasteiger partial charge in [-0.2, -0.15) is 12.6 Å². The molecule has 0 aliphatic heterocycles. The molecule has 0 aromatic rings. The fourth-order valence-corrected chi connectivity index (χ4v) is 1.44. The number of rotatable bonds is 7. The minimum atomic E-state index is -1.13. The molecular weight excluding hydrogens is 202 g/mol. The molecule has 0 aromatic carbocycles. The molecule has 1 unspecified atom stereocenters. The van der Waals surface area contributed by atoms with Gasteiger partial charge in [-0.1, -0.05) is 26.2 Å². The van der Waals surface area contributed by atoms with Crippen LogP contribution in [-0.2, 0) is 4.79 Å². The van der Waals surface area contributed by atoms with Gasteiger partial charge in [-0.05, 0) is 6.42 Å². The lowest BCUT2D eigenvalue weighted by Gasteiger charge is -2.21. The lowest BCUT2D eigenvalue weighted by atomic mass is 10.0. The Labute approximate surface area is 89.9 Å². The summed E-state index contributed by atoms with van der Waals surface area (Å²) in [6, 6.07) is -1.10. The summed E-state index contributed by atoms with van der Waals surface area (Å²) < 4.78 is 0. The first-order valence-corrected chi connectivity index (χ1v) is 5.36. The number of nitrogens with two attached hydrogens (primary N) is 1. The maximum Gasteiger partial charge on any atom is 0.321 e. The van der Waals surface area contributed by atoms with Gasteiger partial charge in [-0.25, -0.2) is 0 Å². The van der Waals surface area contributed by atoms with Gasteiger partial charge in [0.25, 0.3) is 0 Å². The molecule has 5 heteroatoms. The quantitative estimate of drug-likeness (QED) is 0.375. The molecule has 0 saturated heterocycles. The van der Waals surface area contributed by atoms with Crippen molar-refractivity contribution in [1.82, 2.24) is 0 Å². The predicted molar refractivity (Wildman–Crippen MR) is 58.5 cm³/mol. The third-order valence-electron chi connectivity index (χ3n) is 2.15. The Hall–Kier alpha value is -0.260. The average Bonchev–Trinajstić information content (AvgIpc) is 2.15. The van der Waals surface area contributed by atoms with Gasteiger partial charge in [-0.15, -0.1) is 0 Å². The Kier molecular flexibility index (Phi) is 6.96. The van der Waals surface area contributed by atoms with Gasteiger partial charge >= 0.3 is 5.97 Å². The van der Waals surface area contributed by atoms with E-state index in [2.05, 4.69) is 19.6 Å².